The number of ether oxygens (including phenoxy) is 1. The zero-order chi connectivity index (χ0) is 19.4. The molecule has 1 fully saturated rings. The smallest absolute Gasteiger partial charge is 0.217 e. The second kappa shape index (κ2) is 8.57. The standard InChI is InChI=1S/C21H30N4O2/c1-15-7-5-8-16(2)21(15)27-12-6-11-25-13-18(19(14-25)23-17(3)26)20-9-10-22-24(20)4/h5,7-10,18-19H,6,11-14H2,1-4H3,(H,23,26)/t18-,19-/m1/s1. The van der Waals surface area contributed by atoms with Gasteiger partial charge in [0.15, 0.2) is 0 Å². The lowest BCUT2D eigenvalue weighted by atomic mass is 9.99. The fraction of sp³-hybridized carbons (Fsp3) is 0.524. The topological polar surface area (TPSA) is 59.4 Å². The molecule has 6 nitrogen and oxygen atoms in total. The molecule has 3 rings (SSSR count). The second-order valence-corrected chi connectivity index (χ2v) is 7.48. The number of carbonyl (C=O) groups excluding carboxylic acids is 1. The summed E-state index contributed by atoms with van der Waals surface area (Å²) in [6.07, 6.45) is 2.78. The Morgan fingerprint density at radius 2 is 2.00 bits per heavy atom. The highest BCUT2D eigenvalue weighted by molar-refractivity contribution is 5.73. The van der Waals surface area contributed by atoms with Gasteiger partial charge in [-0.2, -0.15) is 5.10 Å². The molecule has 1 amide bonds. The van der Waals surface area contributed by atoms with E-state index < -0.39 is 0 Å². The fourth-order valence-electron chi connectivity index (χ4n) is 4.01. The molecule has 27 heavy (non-hydrogen) atoms. The Morgan fingerprint density at radius 3 is 2.63 bits per heavy atom. The molecule has 1 saturated heterocycles. The zero-order valence-corrected chi connectivity index (χ0v) is 16.7. The zero-order valence-electron chi connectivity index (χ0n) is 16.7. The van der Waals surface area contributed by atoms with E-state index in [9.17, 15) is 4.79 Å². The molecule has 1 N–H and O–H groups in total. The quantitative estimate of drug-likeness (QED) is 0.761. The third kappa shape index (κ3) is 4.69. The van der Waals surface area contributed by atoms with Crippen molar-refractivity contribution in [3.05, 3.63) is 47.3 Å². The molecule has 1 aliphatic heterocycles. The van der Waals surface area contributed by atoms with Crippen LogP contribution in [-0.2, 0) is 11.8 Å². The lowest BCUT2D eigenvalue weighted by molar-refractivity contribution is -0.119. The van der Waals surface area contributed by atoms with E-state index in [0.29, 0.717) is 6.61 Å². The molecule has 2 heterocycles. The number of amides is 1. The highest BCUT2D eigenvalue weighted by Crippen LogP contribution is 2.27. The van der Waals surface area contributed by atoms with Crippen LogP contribution in [0, 0.1) is 13.8 Å². The number of hydrogen-bond donors (Lipinski definition) is 1. The maximum absolute atomic E-state index is 11.6. The van der Waals surface area contributed by atoms with Crippen molar-refractivity contribution in [2.24, 2.45) is 7.05 Å². The minimum atomic E-state index is 0.0207. The minimum Gasteiger partial charge on any atom is -0.493 e. The van der Waals surface area contributed by atoms with Crippen LogP contribution in [0.1, 0.15) is 36.1 Å². The van der Waals surface area contributed by atoms with Crippen LogP contribution in [0.2, 0.25) is 0 Å². The number of para-hydroxylation sites is 1. The van der Waals surface area contributed by atoms with E-state index in [1.165, 1.54) is 16.8 Å². The maximum atomic E-state index is 11.6. The van der Waals surface area contributed by atoms with Crippen molar-refractivity contribution in [1.82, 2.24) is 20.0 Å². The number of benzene rings is 1. The summed E-state index contributed by atoms with van der Waals surface area (Å²) in [4.78, 5) is 14.0. The lowest BCUT2D eigenvalue weighted by Crippen LogP contribution is -2.39. The van der Waals surface area contributed by atoms with Gasteiger partial charge in [0.05, 0.1) is 12.6 Å². The molecule has 6 heteroatoms. The third-order valence-corrected chi connectivity index (χ3v) is 5.30. The number of aryl methyl sites for hydroxylation is 3. The van der Waals surface area contributed by atoms with Gasteiger partial charge >= 0.3 is 0 Å². The van der Waals surface area contributed by atoms with Crippen LogP contribution < -0.4 is 10.1 Å². The summed E-state index contributed by atoms with van der Waals surface area (Å²) in [5, 5.41) is 7.41. The predicted molar refractivity (Wildman–Crippen MR) is 106 cm³/mol. The Hall–Kier alpha value is -2.34. The number of aromatic nitrogens is 2. The molecule has 1 aliphatic rings. The van der Waals surface area contributed by atoms with Gasteiger partial charge in [-0.1, -0.05) is 18.2 Å². The van der Waals surface area contributed by atoms with Crippen molar-refractivity contribution in [3.8, 4) is 5.75 Å². The molecule has 146 valence electrons. The first-order valence-corrected chi connectivity index (χ1v) is 9.62. The van der Waals surface area contributed by atoms with E-state index >= 15 is 0 Å². The van der Waals surface area contributed by atoms with Crippen molar-refractivity contribution < 1.29 is 9.53 Å². The molecule has 0 unspecified atom stereocenters. The first-order valence-electron chi connectivity index (χ1n) is 9.62. The Bertz CT molecular complexity index is 766. The Labute approximate surface area is 161 Å². The molecule has 0 spiro atoms. The maximum Gasteiger partial charge on any atom is 0.217 e. The van der Waals surface area contributed by atoms with Gasteiger partial charge < -0.3 is 15.0 Å². The average Bonchev–Trinajstić information content (AvgIpc) is 3.19. The van der Waals surface area contributed by atoms with Gasteiger partial charge in [-0.05, 0) is 37.5 Å². The van der Waals surface area contributed by atoms with Crippen LogP contribution in [0.5, 0.6) is 5.75 Å². The number of hydrogen-bond acceptors (Lipinski definition) is 4. The van der Waals surface area contributed by atoms with Crippen molar-refractivity contribution in [3.63, 3.8) is 0 Å². The predicted octanol–water partition coefficient (Wildman–Crippen LogP) is 2.41. The molecule has 0 radical (unpaired) electrons. The summed E-state index contributed by atoms with van der Waals surface area (Å²) < 4.78 is 7.94. The number of likely N-dealkylation sites (tertiary alicyclic amines) is 1. The van der Waals surface area contributed by atoms with E-state index in [0.717, 1.165) is 31.8 Å². The first-order chi connectivity index (χ1) is 13.0. The lowest BCUT2D eigenvalue weighted by Gasteiger charge is -2.19. The van der Waals surface area contributed by atoms with Crippen molar-refractivity contribution in [2.75, 3.05) is 26.2 Å². The molecule has 0 saturated carbocycles. The largest absolute Gasteiger partial charge is 0.493 e. The molecule has 1 aromatic heterocycles. The molecular formula is C21H30N4O2. The van der Waals surface area contributed by atoms with Crippen LogP contribution in [0.3, 0.4) is 0 Å². The number of nitrogens with zero attached hydrogens (tertiary/aromatic N) is 3. The van der Waals surface area contributed by atoms with Gasteiger partial charge in [-0.3, -0.25) is 9.48 Å². The molecule has 1 aromatic carbocycles. The number of nitrogens with one attached hydrogen (secondary N) is 1. The van der Waals surface area contributed by atoms with Crippen molar-refractivity contribution in [1.29, 1.82) is 0 Å². The molecule has 0 aliphatic carbocycles. The van der Waals surface area contributed by atoms with Crippen LogP contribution in [-0.4, -0.2) is 52.9 Å². The summed E-state index contributed by atoms with van der Waals surface area (Å²) >= 11 is 0. The normalized spacial score (nSPS) is 20.0. The molecular weight excluding hydrogens is 340 g/mol. The Morgan fingerprint density at radius 1 is 1.26 bits per heavy atom. The summed E-state index contributed by atoms with van der Waals surface area (Å²) in [7, 11) is 1.96. The fourth-order valence-corrected chi connectivity index (χ4v) is 4.01. The summed E-state index contributed by atoms with van der Waals surface area (Å²) in [6, 6.07) is 8.39. The van der Waals surface area contributed by atoms with Gasteiger partial charge in [0, 0.05) is 51.4 Å². The number of carbonyl (C=O) groups is 1. The average molecular weight is 370 g/mol. The Kier molecular flexibility index (Phi) is 6.16. The summed E-state index contributed by atoms with van der Waals surface area (Å²) in [5.41, 5.74) is 3.53. The van der Waals surface area contributed by atoms with E-state index in [1.54, 1.807) is 6.92 Å². The summed E-state index contributed by atoms with van der Waals surface area (Å²) in [6.45, 7) is 9.19. The third-order valence-electron chi connectivity index (χ3n) is 5.30. The van der Waals surface area contributed by atoms with Crippen molar-refractivity contribution in [2.45, 2.75) is 39.2 Å². The van der Waals surface area contributed by atoms with E-state index in [4.69, 9.17) is 4.74 Å². The Balaban J connectivity index is 1.55. The highest BCUT2D eigenvalue weighted by Gasteiger charge is 2.35. The van der Waals surface area contributed by atoms with Crippen LogP contribution in [0.4, 0.5) is 0 Å². The van der Waals surface area contributed by atoms with Gasteiger partial charge in [0.2, 0.25) is 5.91 Å². The van der Waals surface area contributed by atoms with Gasteiger partial charge in [0.1, 0.15) is 5.75 Å². The van der Waals surface area contributed by atoms with Crippen molar-refractivity contribution >= 4 is 5.91 Å². The molecule has 2 aromatic rings. The van der Waals surface area contributed by atoms with Gasteiger partial charge in [-0.25, -0.2) is 0 Å². The van der Waals surface area contributed by atoms with Gasteiger partial charge in [0.25, 0.3) is 0 Å². The van der Waals surface area contributed by atoms with Crippen LogP contribution in [0.15, 0.2) is 30.5 Å². The second-order valence-electron chi connectivity index (χ2n) is 7.48. The monoisotopic (exact) mass is 370 g/mol. The number of rotatable bonds is 7. The van der Waals surface area contributed by atoms with E-state index in [-0.39, 0.29) is 17.9 Å². The molecule has 0 bridgehead atoms. The van der Waals surface area contributed by atoms with E-state index in [2.05, 4.69) is 47.4 Å². The first kappa shape index (κ1) is 19.4. The van der Waals surface area contributed by atoms with E-state index in [1.807, 2.05) is 24.0 Å². The highest BCUT2D eigenvalue weighted by atomic mass is 16.5. The van der Waals surface area contributed by atoms with Crippen LogP contribution in [0.25, 0.3) is 0 Å². The van der Waals surface area contributed by atoms with Crippen LogP contribution >= 0.6 is 0 Å². The SMILES string of the molecule is CC(=O)N[C@@H]1CN(CCCOc2c(C)cccc2C)C[C@H]1c1ccnn1C. The minimum absolute atomic E-state index is 0.0207. The molecule has 2 atom stereocenters. The van der Waals surface area contributed by atoms with Gasteiger partial charge in [-0.15, -0.1) is 0 Å². The summed E-state index contributed by atoms with van der Waals surface area (Å²) in [5.74, 6) is 1.29.